The van der Waals surface area contributed by atoms with Gasteiger partial charge in [-0.2, -0.15) is 0 Å². The number of anilines is 1. The number of carbonyl (C=O) groups excluding carboxylic acids is 1. The van der Waals surface area contributed by atoms with Crippen LogP contribution in [-0.4, -0.2) is 31.7 Å². The van der Waals surface area contributed by atoms with Crippen molar-refractivity contribution >= 4 is 46.1 Å². The molecule has 7 heteroatoms. The molecule has 0 radical (unpaired) electrons. The van der Waals surface area contributed by atoms with Gasteiger partial charge in [0.2, 0.25) is 0 Å². The number of hydrogen-bond acceptors (Lipinski definition) is 3. The van der Waals surface area contributed by atoms with Crippen LogP contribution in [0.1, 0.15) is 17.7 Å². The maximum atomic E-state index is 12.5. The van der Waals surface area contributed by atoms with E-state index in [1.165, 1.54) is 9.78 Å². The highest BCUT2D eigenvalue weighted by atomic mass is 35.5. The summed E-state index contributed by atoms with van der Waals surface area (Å²) in [6, 6.07) is 9.21. The molecule has 2 aromatic rings. The first-order valence-corrected chi connectivity index (χ1v) is 9.96. The smallest absolute Gasteiger partial charge is 0.279 e. The second-order valence-electron chi connectivity index (χ2n) is 6.19. The molecule has 134 valence electrons. The zero-order chi connectivity index (χ0) is 17.6. The second kappa shape index (κ2) is 9.01. The van der Waals surface area contributed by atoms with E-state index >= 15 is 0 Å². The van der Waals surface area contributed by atoms with Gasteiger partial charge in [-0.25, -0.2) is 0 Å². The van der Waals surface area contributed by atoms with E-state index in [1.807, 2.05) is 6.07 Å². The van der Waals surface area contributed by atoms with E-state index in [9.17, 15) is 4.79 Å². The summed E-state index contributed by atoms with van der Waals surface area (Å²) in [5.74, 6) is -0.0613. The molecule has 0 spiro atoms. The lowest BCUT2D eigenvalue weighted by atomic mass is 10.2. The maximum absolute atomic E-state index is 12.5. The van der Waals surface area contributed by atoms with Crippen LogP contribution in [0.4, 0.5) is 5.69 Å². The zero-order valence-electron chi connectivity index (χ0n) is 13.8. The molecular weight excluding hydrogens is 379 g/mol. The molecule has 1 fully saturated rings. The number of rotatable bonds is 7. The van der Waals surface area contributed by atoms with Crippen molar-refractivity contribution in [3.63, 3.8) is 0 Å². The normalized spacial score (nSPS) is 18.2. The Hall–Kier alpha value is -1.11. The lowest BCUT2D eigenvalue weighted by Crippen LogP contribution is -3.12. The largest absolute Gasteiger partial charge is 0.372 e. The van der Waals surface area contributed by atoms with Gasteiger partial charge in [-0.15, -0.1) is 11.3 Å². The van der Waals surface area contributed by atoms with Gasteiger partial charge in [0.15, 0.2) is 6.54 Å². The molecule has 1 unspecified atom stereocenters. The third kappa shape index (κ3) is 5.69. The molecule has 1 aromatic heterocycles. The van der Waals surface area contributed by atoms with Crippen molar-refractivity contribution in [2.24, 2.45) is 0 Å². The van der Waals surface area contributed by atoms with Crippen LogP contribution in [0.25, 0.3) is 0 Å². The Balaban J connectivity index is 1.62. The molecule has 1 aromatic carbocycles. The lowest BCUT2D eigenvalue weighted by Gasteiger charge is -2.21. The molecule has 1 aliphatic heterocycles. The lowest BCUT2D eigenvalue weighted by molar-refractivity contribution is -0.908. The highest BCUT2D eigenvalue weighted by Crippen LogP contribution is 2.25. The third-order valence-corrected chi connectivity index (χ3v) is 5.58. The Morgan fingerprint density at radius 3 is 2.92 bits per heavy atom. The average Bonchev–Trinajstić information content (AvgIpc) is 3.24. The molecule has 3 rings (SSSR count). The van der Waals surface area contributed by atoms with Gasteiger partial charge in [0, 0.05) is 11.6 Å². The number of thiophene rings is 1. The first-order chi connectivity index (χ1) is 12.1. The summed E-state index contributed by atoms with van der Waals surface area (Å²) in [6.07, 6.45) is 2.41. The molecule has 4 nitrogen and oxygen atoms in total. The minimum atomic E-state index is -0.0613. The molecule has 2 heterocycles. The molecule has 25 heavy (non-hydrogen) atoms. The van der Waals surface area contributed by atoms with Crippen LogP contribution in [0.15, 0.2) is 35.7 Å². The highest BCUT2D eigenvalue weighted by molar-refractivity contribution is 7.09. The highest BCUT2D eigenvalue weighted by Gasteiger charge is 2.24. The fourth-order valence-corrected chi connectivity index (χ4v) is 4.24. The van der Waals surface area contributed by atoms with Gasteiger partial charge in [-0.3, -0.25) is 4.79 Å². The van der Waals surface area contributed by atoms with Crippen LogP contribution in [0, 0.1) is 0 Å². The summed E-state index contributed by atoms with van der Waals surface area (Å²) >= 11 is 13.8. The van der Waals surface area contributed by atoms with Crippen molar-refractivity contribution in [1.82, 2.24) is 0 Å². The average molecular weight is 400 g/mol. The standard InChI is InChI=1S/C18H20Cl2N2O2S/c19-13-5-6-17(16(20)9-13)21-18(23)12-22(10-14-3-1-7-24-14)11-15-4-2-8-25-15/h2,4-6,8-9,14H,1,3,7,10-12H2,(H,21,23)/p+1/t14-/m0/s1. The van der Waals surface area contributed by atoms with Crippen LogP contribution in [0.3, 0.4) is 0 Å². The van der Waals surface area contributed by atoms with Gasteiger partial charge < -0.3 is 15.0 Å². The first-order valence-electron chi connectivity index (χ1n) is 8.32. The Labute approximate surface area is 161 Å². The van der Waals surface area contributed by atoms with Gasteiger partial charge >= 0.3 is 0 Å². The fraction of sp³-hybridized carbons (Fsp3) is 0.389. The Bertz CT molecular complexity index is 703. The van der Waals surface area contributed by atoms with Crippen molar-refractivity contribution < 1.29 is 14.4 Å². The van der Waals surface area contributed by atoms with E-state index in [1.54, 1.807) is 29.5 Å². The van der Waals surface area contributed by atoms with Gasteiger partial charge in [-0.1, -0.05) is 29.3 Å². The maximum Gasteiger partial charge on any atom is 0.279 e. The molecule has 0 saturated carbocycles. The van der Waals surface area contributed by atoms with E-state index in [0.29, 0.717) is 22.3 Å². The van der Waals surface area contributed by atoms with Gasteiger partial charge in [0.05, 0.1) is 15.6 Å². The topological polar surface area (TPSA) is 42.8 Å². The van der Waals surface area contributed by atoms with Gasteiger partial charge in [0.1, 0.15) is 19.2 Å². The number of nitrogens with one attached hydrogen (secondary N) is 2. The minimum absolute atomic E-state index is 0.0613. The summed E-state index contributed by atoms with van der Waals surface area (Å²) in [5.41, 5.74) is 0.587. The Kier molecular flexibility index (Phi) is 6.73. The van der Waals surface area contributed by atoms with E-state index in [2.05, 4.69) is 16.8 Å². The van der Waals surface area contributed by atoms with Crippen molar-refractivity contribution in [2.75, 3.05) is 25.0 Å². The SMILES string of the molecule is O=C(C[NH+](Cc1cccs1)C[C@@H]1CCCO1)Nc1ccc(Cl)cc1Cl. The third-order valence-electron chi connectivity index (χ3n) is 4.16. The Morgan fingerprint density at radius 1 is 1.36 bits per heavy atom. The van der Waals surface area contributed by atoms with E-state index in [0.717, 1.165) is 32.5 Å². The second-order valence-corrected chi connectivity index (χ2v) is 8.07. The summed E-state index contributed by atoms with van der Waals surface area (Å²) in [7, 11) is 0. The minimum Gasteiger partial charge on any atom is -0.372 e. The fourth-order valence-electron chi connectivity index (χ4n) is 3.01. The zero-order valence-corrected chi connectivity index (χ0v) is 16.1. The monoisotopic (exact) mass is 399 g/mol. The quantitative estimate of drug-likeness (QED) is 0.750. The van der Waals surface area contributed by atoms with Gasteiger partial charge in [0.25, 0.3) is 5.91 Å². The van der Waals surface area contributed by atoms with Gasteiger partial charge in [-0.05, 0) is 42.5 Å². The van der Waals surface area contributed by atoms with Crippen LogP contribution < -0.4 is 10.2 Å². The number of ether oxygens (including phenoxy) is 1. The summed E-state index contributed by atoms with van der Waals surface area (Å²) in [4.78, 5) is 15.0. The predicted molar refractivity (Wildman–Crippen MR) is 103 cm³/mol. The molecule has 0 bridgehead atoms. The molecule has 2 N–H and O–H groups in total. The van der Waals surface area contributed by atoms with Crippen molar-refractivity contribution in [3.05, 3.63) is 50.6 Å². The van der Waals surface area contributed by atoms with E-state index < -0.39 is 0 Å². The summed E-state index contributed by atoms with van der Waals surface area (Å²) in [6.45, 7) is 2.85. The predicted octanol–water partition coefficient (Wildman–Crippen LogP) is 3.26. The number of amides is 1. The number of benzene rings is 1. The molecule has 2 atom stereocenters. The molecule has 1 saturated heterocycles. The number of hydrogen-bond donors (Lipinski definition) is 2. The number of carbonyl (C=O) groups is 1. The molecular formula is C18H21Cl2N2O2S+. The van der Waals surface area contributed by atoms with Crippen LogP contribution in [-0.2, 0) is 16.1 Å². The van der Waals surface area contributed by atoms with Crippen molar-refractivity contribution in [2.45, 2.75) is 25.5 Å². The number of halogens is 2. The van der Waals surface area contributed by atoms with E-state index in [4.69, 9.17) is 27.9 Å². The van der Waals surface area contributed by atoms with Crippen LogP contribution in [0.2, 0.25) is 10.0 Å². The van der Waals surface area contributed by atoms with Crippen LogP contribution >= 0.6 is 34.5 Å². The summed E-state index contributed by atoms with van der Waals surface area (Å²) in [5, 5.41) is 5.94. The molecule has 0 aliphatic carbocycles. The van der Waals surface area contributed by atoms with Crippen molar-refractivity contribution in [1.29, 1.82) is 0 Å². The number of quaternary nitrogens is 1. The van der Waals surface area contributed by atoms with Crippen LogP contribution in [0.5, 0.6) is 0 Å². The van der Waals surface area contributed by atoms with Crippen molar-refractivity contribution in [3.8, 4) is 0 Å². The Morgan fingerprint density at radius 2 is 2.24 bits per heavy atom. The molecule has 1 amide bonds. The first kappa shape index (κ1) is 18.7. The van der Waals surface area contributed by atoms with E-state index in [-0.39, 0.29) is 12.0 Å². The molecule has 1 aliphatic rings. The summed E-state index contributed by atoms with van der Waals surface area (Å²) < 4.78 is 5.75.